The highest BCUT2D eigenvalue weighted by atomic mass is 16.1. The molecule has 0 radical (unpaired) electrons. The van der Waals surface area contributed by atoms with Gasteiger partial charge in [-0.2, -0.15) is 4.98 Å². The van der Waals surface area contributed by atoms with E-state index in [2.05, 4.69) is 20.4 Å². The predicted molar refractivity (Wildman–Crippen MR) is 82.2 cm³/mol. The first-order valence-electron chi connectivity index (χ1n) is 7.12. The molecule has 0 fully saturated rings. The lowest BCUT2D eigenvalue weighted by Crippen LogP contribution is -2.25. The summed E-state index contributed by atoms with van der Waals surface area (Å²) in [5, 5.41) is 7.20. The Hall–Kier alpha value is -2.76. The van der Waals surface area contributed by atoms with E-state index in [-0.39, 0.29) is 12.3 Å². The minimum absolute atomic E-state index is 0.103. The molecule has 112 valence electrons. The Morgan fingerprint density at radius 3 is 2.73 bits per heavy atom. The molecule has 2 aromatic heterocycles. The Bertz CT molecular complexity index is 810. The van der Waals surface area contributed by atoms with Crippen LogP contribution in [0.2, 0.25) is 0 Å². The zero-order chi connectivity index (χ0) is 15.5. The van der Waals surface area contributed by atoms with Gasteiger partial charge in [-0.1, -0.05) is 30.3 Å². The molecule has 0 bridgehead atoms. The van der Waals surface area contributed by atoms with Crippen LogP contribution < -0.4 is 5.32 Å². The van der Waals surface area contributed by atoms with Gasteiger partial charge in [0.05, 0.1) is 6.42 Å². The average molecular weight is 295 g/mol. The highest BCUT2D eigenvalue weighted by Gasteiger charge is 2.11. The lowest BCUT2D eigenvalue weighted by molar-refractivity contribution is -0.120. The van der Waals surface area contributed by atoms with Gasteiger partial charge in [0, 0.05) is 17.9 Å². The maximum atomic E-state index is 12.0. The molecule has 0 unspecified atom stereocenters. The van der Waals surface area contributed by atoms with Crippen molar-refractivity contribution in [1.82, 2.24) is 24.9 Å². The summed E-state index contributed by atoms with van der Waals surface area (Å²) in [5.41, 5.74) is 2.90. The van der Waals surface area contributed by atoms with E-state index in [0.29, 0.717) is 18.1 Å². The fourth-order valence-corrected chi connectivity index (χ4v) is 2.29. The van der Waals surface area contributed by atoms with Crippen LogP contribution in [0.3, 0.4) is 0 Å². The number of carbonyl (C=O) groups is 1. The van der Waals surface area contributed by atoms with Crippen LogP contribution in [0.15, 0.2) is 36.4 Å². The van der Waals surface area contributed by atoms with Gasteiger partial charge in [0.15, 0.2) is 5.82 Å². The van der Waals surface area contributed by atoms with Crippen LogP contribution in [0.4, 0.5) is 0 Å². The summed E-state index contributed by atoms with van der Waals surface area (Å²) >= 11 is 0. The van der Waals surface area contributed by atoms with Gasteiger partial charge in [0.25, 0.3) is 5.78 Å². The number of benzene rings is 1. The highest BCUT2D eigenvalue weighted by molar-refractivity contribution is 5.77. The molecule has 0 saturated heterocycles. The maximum Gasteiger partial charge on any atom is 0.252 e. The van der Waals surface area contributed by atoms with Gasteiger partial charge in [0.2, 0.25) is 5.91 Å². The second-order valence-electron chi connectivity index (χ2n) is 5.22. The number of hydrogen-bond donors (Lipinski definition) is 1. The second-order valence-corrected chi connectivity index (χ2v) is 5.22. The average Bonchev–Trinajstić information content (AvgIpc) is 2.89. The normalized spacial score (nSPS) is 10.8. The van der Waals surface area contributed by atoms with E-state index in [0.717, 1.165) is 17.0 Å². The predicted octanol–water partition coefficient (Wildman–Crippen LogP) is 1.60. The zero-order valence-electron chi connectivity index (χ0n) is 12.6. The maximum absolute atomic E-state index is 12.0. The van der Waals surface area contributed by atoms with Crippen molar-refractivity contribution in [3.05, 3.63) is 59.2 Å². The van der Waals surface area contributed by atoms with Gasteiger partial charge in [-0.3, -0.25) is 4.79 Å². The number of rotatable bonds is 4. The van der Waals surface area contributed by atoms with Crippen LogP contribution in [-0.2, 0) is 17.8 Å². The van der Waals surface area contributed by atoms with Gasteiger partial charge in [-0.25, -0.2) is 9.50 Å². The van der Waals surface area contributed by atoms with Gasteiger partial charge in [0.1, 0.15) is 0 Å². The number of aryl methyl sites for hydroxylation is 2. The summed E-state index contributed by atoms with van der Waals surface area (Å²) in [4.78, 5) is 20.6. The molecule has 0 aliphatic carbocycles. The molecule has 0 aliphatic rings. The van der Waals surface area contributed by atoms with Crippen molar-refractivity contribution in [3.63, 3.8) is 0 Å². The van der Waals surface area contributed by atoms with Crippen molar-refractivity contribution in [2.75, 3.05) is 0 Å². The Morgan fingerprint density at radius 1 is 1.18 bits per heavy atom. The zero-order valence-corrected chi connectivity index (χ0v) is 12.6. The number of carbonyl (C=O) groups excluding carboxylic acids is 1. The van der Waals surface area contributed by atoms with Gasteiger partial charge < -0.3 is 5.32 Å². The van der Waals surface area contributed by atoms with Crippen molar-refractivity contribution in [1.29, 1.82) is 0 Å². The standard InChI is InChI=1S/C16H17N5O/c1-11-8-12(2)21-16(18-11)19-14(20-21)9-15(22)17-10-13-6-4-3-5-7-13/h3-8H,9-10H2,1-2H3,(H,17,22). The Morgan fingerprint density at radius 2 is 1.95 bits per heavy atom. The molecule has 1 amide bonds. The molecule has 0 spiro atoms. The molecule has 0 atom stereocenters. The fourth-order valence-electron chi connectivity index (χ4n) is 2.29. The monoisotopic (exact) mass is 295 g/mol. The number of amides is 1. The van der Waals surface area contributed by atoms with E-state index in [1.807, 2.05) is 50.2 Å². The van der Waals surface area contributed by atoms with Crippen molar-refractivity contribution >= 4 is 11.7 Å². The van der Waals surface area contributed by atoms with E-state index in [1.165, 1.54) is 0 Å². The molecular weight excluding hydrogens is 278 g/mol. The van der Waals surface area contributed by atoms with Crippen LogP contribution in [0.5, 0.6) is 0 Å². The first-order valence-corrected chi connectivity index (χ1v) is 7.12. The Kier molecular flexibility index (Phi) is 3.82. The molecule has 2 heterocycles. The third kappa shape index (κ3) is 3.11. The van der Waals surface area contributed by atoms with E-state index < -0.39 is 0 Å². The smallest absolute Gasteiger partial charge is 0.252 e. The molecule has 0 saturated carbocycles. The Balaban J connectivity index is 1.68. The van der Waals surface area contributed by atoms with Crippen molar-refractivity contribution < 1.29 is 4.79 Å². The molecule has 6 heteroatoms. The first-order chi connectivity index (χ1) is 10.6. The first kappa shape index (κ1) is 14.2. The Labute approximate surface area is 128 Å². The quantitative estimate of drug-likeness (QED) is 0.793. The highest BCUT2D eigenvalue weighted by Crippen LogP contribution is 2.06. The summed E-state index contributed by atoms with van der Waals surface area (Å²) in [7, 11) is 0. The van der Waals surface area contributed by atoms with Crippen LogP contribution in [0, 0.1) is 13.8 Å². The summed E-state index contributed by atoms with van der Waals surface area (Å²) in [6.07, 6.45) is 0.148. The van der Waals surface area contributed by atoms with E-state index >= 15 is 0 Å². The number of nitrogens with one attached hydrogen (secondary N) is 1. The second kappa shape index (κ2) is 5.93. The third-order valence-electron chi connectivity index (χ3n) is 3.31. The minimum atomic E-state index is -0.103. The number of fused-ring (bicyclic) bond motifs is 1. The van der Waals surface area contributed by atoms with Crippen LogP contribution in [0.1, 0.15) is 22.8 Å². The van der Waals surface area contributed by atoms with Crippen molar-refractivity contribution in [3.8, 4) is 0 Å². The summed E-state index contributed by atoms with van der Waals surface area (Å²) in [6.45, 7) is 4.35. The molecular formula is C16H17N5O. The molecule has 6 nitrogen and oxygen atoms in total. The van der Waals surface area contributed by atoms with Gasteiger partial charge in [-0.05, 0) is 25.5 Å². The topological polar surface area (TPSA) is 72.2 Å². The molecule has 22 heavy (non-hydrogen) atoms. The molecule has 3 aromatic rings. The summed E-state index contributed by atoms with van der Waals surface area (Å²) in [5.74, 6) is 0.907. The number of hydrogen-bond acceptors (Lipinski definition) is 4. The number of aromatic nitrogens is 4. The minimum Gasteiger partial charge on any atom is -0.352 e. The molecule has 1 N–H and O–H groups in total. The largest absolute Gasteiger partial charge is 0.352 e. The molecule has 0 aliphatic heterocycles. The van der Waals surface area contributed by atoms with Crippen LogP contribution >= 0.6 is 0 Å². The van der Waals surface area contributed by atoms with E-state index in [1.54, 1.807) is 4.52 Å². The fraction of sp³-hybridized carbons (Fsp3) is 0.250. The molecule has 3 rings (SSSR count). The van der Waals surface area contributed by atoms with E-state index in [9.17, 15) is 4.79 Å². The van der Waals surface area contributed by atoms with E-state index in [4.69, 9.17) is 0 Å². The van der Waals surface area contributed by atoms with Crippen molar-refractivity contribution in [2.45, 2.75) is 26.8 Å². The summed E-state index contributed by atoms with van der Waals surface area (Å²) in [6, 6.07) is 11.7. The lowest BCUT2D eigenvalue weighted by atomic mass is 10.2. The lowest BCUT2D eigenvalue weighted by Gasteiger charge is -2.03. The van der Waals surface area contributed by atoms with Crippen molar-refractivity contribution in [2.24, 2.45) is 0 Å². The SMILES string of the molecule is Cc1cc(C)n2nc(CC(=O)NCc3ccccc3)nc2n1. The number of nitrogens with zero attached hydrogens (tertiary/aromatic N) is 4. The van der Waals surface area contributed by atoms with Gasteiger partial charge in [-0.15, -0.1) is 5.10 Å². The third-order valence-corrected chi connectivity index (χ3v) is 3.31. The van der Waals surface area contributed by atoms with Crippen LogP contribution in [0.25, 0.3) is 5.78 Å². The molecule has 1 aromatic carbocycles. The summed E-state index contributed by atoms with van der Waals surface area (Å²) < 4.78 is 1.66. The van der Waals surface area contributed by atoms with Crippen LogP contribution in [-0.4, -0.2) is 25.5 Å². The van der Waals surface area contributed by atoms with Gasteiger partial charge >= 0.3 is 0 Å².